The molecule has 0 radical (unpaired) electrons. The van der Waals surface area contributed by atoms with E-state index >= 15 is 0 Å². The summed E-state index contributed by atoms with van der Waals surface area (Å²) in [5.41, 5.74) is 6.03. The molecule has 1 unspecified atom stereocenters. The number of rotatable bonds is 5. The third-order valence-corrected chi connectivity index (χ3v) is 3.97. The molecule has 2 aromatic rings. The van der Waals surface area contributed by atoms with E-state index in [9.17, 15) is 5.11 Å². The van der Waals surface area contributed by atoms with E-state index in [1.54, 1.807) is 0 Å². The summed E-state index contributed by atoms with van der Waals surface area (Å²) in [4.78, 5) is 2.17. The van der Waals surface area contributed by atoms with Crippen LogP contribution in [-0.4, -0.2) is 23.6 Å². The first-order valence-electron chi connectivity index (χ1n) is 7.45. The van der Waals surface area contributed by atoms with Gasteiger partial charge in [-0.15, -0.1) is 0 Å². The second-order valence-corrected chi connectivity index (χ2v) is 6.00. The Morgan fingerprint density at radius 1 is 1.00 bits per heavy atom. The van der Waals surface area contributed by atoms with Gasteiger partial charge in [0.15, 0.2) is 0 Å². The topological polar surface area (TPSA) is 23.5 Å². The molecule has 1 atom stereocenters. The minimum Gasteiger partial charge on any atom is -0.387 e. The number of benzene rings is 2. The van der Waals surface area contributed by atoms with Crippen molar-refractivity contribution in [2.75, 3.05) is 13.6 Å². The third-order valence-electron chi connectivity index (χ3n) is 3.97. The zero-order valence-electron chi connectivity index (χ0n) is 13.4. The lowest BCUT2D eigenvalue weighted by molar-refractivity contribution is 0.123. The molecule has 0 saturated heterocycles. The van der Waals surface area contributed by atoms with Crippen molar-refractivity contribution in [3.05, 3.63) is 70.3 Å². The summed E-state index contributed by atoms with van der Waals surface area (Å²) in [7, 11) is 2.05. The zero-order chi connectivity index (χ0) is 15.4. The number of hydrogen-bond acceptors (Lipinski definition) is 2. The quantitative estimate of drug-likeness (QED) is 0.902. The first-order valence-corrected chi connectivity index (χ1v) is 7.45. The van der Waals surface area contributed by atoms with Gasteiger partial charge in [0.25, 0.3) is 0 Å². The molecule has 2 nitrogen and oxygen atoms in total. The van der Waals surface area contributed by atoms with Gasteiger partial charge in [0.2, 0.25) is 0 Å². The summed E-state index contributed by atoms with van der Waals surface area (Å²) >= 11 is 0. The first kappa shape index (κ1) is 15.7. The van der Waals surface area contributed by atoms with Gasteiger partial charge < -0.3 is 5.11 Å². The minimum absolute atomic E-state index is 0.445. The van der Waals surface area contributed by atoms with Crippen LogP contribution in [0, 0.1) is 20.8 Å². The van der Waals surface area contributed by atoms with Crippen LogP contribution in [0.5, 0.6) is 0 Å². The normalized spacial score (nSPS) is 12.7. The molecule has 2 heteroatoms. The second-order valence-electron chi connectivity index (χ2n) is 6.00. The predicted octanol–water partition coefficient (Wildman–Crippen LogP) is 3.78. The Balaban J connectivity index is 2.02. The number of aryl methyl sites for hydroxylation is 3. The van der Waals surface area contributed by atoms with Crippen LogP contribution in [0.3, 0.4) is 0 Å². The summed E-state index contributed by atoms with van der Waals surface area (Å²) in [5.74, 6) is 0. The Hall–Kier alpha value is -1.64. The van der Waals surface area contributed by atoms with Crippen molar-refractivity contribution in [1.29, 1.82) is 0 Å². The lowest BCUT2D eigenvalue weighted by atomic mass is 10.0. The largest absolute Gasteiger partial charge is 0.387 e. The molecule has 0 saturated carbocycles. The standard InChI is InChI=1S/C19H25NO/c1-14-9-10-18(16(3)11-14)19(21)13-20(4)12-17-8-6-5-7-15(17)2/h5-11,19,21H,12-13H2,1-4H3. The summed E-state index contributed by atoms with van der Waals surface area (Å²) in [6.45, 7) is 7.76. The van der Waals surface area contributed by atoms with Crippen LogP contribution < -0.4 is 0 Å². The molecule has 0 aromatic heterocycles. The summed E-state index contributed by atoms with van der Waals surface area (Å²) in [5, 5.41) is 10.5. The molecular weight excluding hydrogens is 258 g/mol. The van der Waals surface area contributed by atoms with Gasteiger partial charge in [-0.3, -0.25) is 4.90 Å². The molecule has 0 bridgehead atoms. The van der Waals surface area contributed by atoms with Crippen molar-refractivity contribution in [3.8, 4) is 0 Å². The van der Waals surface area contributed by atoms with Crippen LogP contribution in [0.2, 0.25) is 0 Å². The summed E-state index contributed by atoms with van der Waals surface area (Å²) < 4.78 is 0. The molecule has 21 heavy (non-hydrogen) atoms. The highest BCUT2D eigenvalue weighted by Crippen LogP contribution is 2.20. The number of hydrogen-bond donors (Lipinski definition) is 1. The molecule has 2 rings (SSSR count). The van der Waals surface area contributed by atoms with Gasteiger partial charge in [0.1, 0.15) is 0 Å². The van der Waals surface area contributed by atoms with Gasteiger partial charge in [0.05, 0.1) is 6.10 Å². The lowest BCUT2D eigenvalue weighted by Gasteiger charge is -2.23. The molecule has 2 aromatic carbocycles. The van der Waals surface area contributed by atoms with E-state index in [-0.39, 0.29) is 0 Å². The number of aliphatic hydroxyl groups is 1. The van der Waals surface area contributed by atoms with Gasteiger partial charge in [-0.25, -0.2) is 0 Å². The van der Waals surface area contributed by atoms with E-state index in [0.29, 0.717) is 6.54 Å². The fourth-order valence-corrected chi connectivity index (χ4v) is 2.74. The van der Waals surface area contributed by atoms with E-state index in [0.717, 1.165) is 17.7 Å². The van der Waals surface area contributed by atoms with Crippen LogP contribution in [0.15, 0.2) is 42.5 Å². The van der Waals surface area contributed by atoms with Crippen molar-refractivity contribution < 1.29 is 5.11 Å². The monoisotopic (exact) mass is 283 g/mol. The molecule has 0 spiro atoms. The SMILES string of the molecule is Cc1ccc(C(O)CN(C)Cc2ccccc2C)c(C)c1. The Morgan fingerprint density at radius 3 is 2.38 bits per heavy atom. The summed E-state index contributed by atoms with van der Waals surface area (Å²) in [6, 6.07) is 14.6. The zero-order valence-corrected chi connectivity index (χ0v) is 13.4. The number of nitrogens with zero attached hydrogens (tertiary/aromatic N) is 1. The maximum atomic E-state index is 10.5. The van der Waals surface area contributed by atoms with E-state index in [2.05, 4.69) is 69.1 Å². The van der Waals surface area contributed by atoms with Crippen LogP contribution in [0.1, 0.15) is 33.9 Å². The van der Waals surface area contributed by atoms with Gasteiger partial charge in [0, 0.05) is 13.1 Å². The smallest absolute Gasteiger partial charge is 0.0919 e. The lowest BCUT2D eigenvalue weighted by Crippen LogP contribution is -2.25. The highest BCUT2D eigenvalue weighted by atomic mass is 16.3. The van der Waals surface area contributed by atoms with Crippen molar-refractivity contribution >= 4 is 0 Å². The molecule has 0 amide bonds. The fourth-order valence-electron chi connectivity index (χ4n) is 2.74. The van der Waals surface area contributed by atoms with E-state index < -0.39 is 6.10 Å². The molecule has 0 aliphatic heterocycles. The van der Waals surface area contributed by atoms with Gasteiger partial charge in [-0.1, -0.05) is 48.0 Å². The Kier molecular flexibility index (Phi) is 5.16. The molecule has 112 valence electrons. The average molecular weight is 283 g/mol. The van der Waals surface area contributed by atoms with Gasteiger partial charge in [-0.2, -0.15) is 0 Å². The molecule has 0 heterocycles. The number of likely N-dealkylation sites (N-methyl/N-ethyl adjacent to an activating group) is 1. The van der Waals surface area contributed by atoms with Crippen molar-refractivity contribution in [1.82, 2.24) is 4.90 Å². The van der Waals surface area contributed by atoms with E-state index in [1.807, 2.05) is 6.07 Å². The Bertz CT molecular complexity index is 606. The summed E-state index contributed by atoms with van der Waals surface area (Å²) in [6.07, 6.45) is -0.445. The maximum absolute atomic E-state index is 10.5. The fraction of sp³-hybridized carbons (Fsp3) is 0.368. The average Bonchev–Trinajstić information content (AvgIpc) is 2.41. The van der Waals surface area contributed by atoms with Crippen molar-refractivity contribution in [3.63, 3.8) is 0 Å². The molecule has 1 N–H and O–H groups in total. The Morgan fingerprint density at radius 2 is 1.71 bits per heavy atom. The number of aliphatic hydroxyl groups excluding tert-OH is 1. The van der Waals surface area contributed by atoms with Crippen molar-refractivity contribution in [2.45, 2.75) is 33.4 Å². The molecule has 0 aliphatic rings. The maximum Gasteiger partial charge on any atom is 0.0919 e. The van der Waals surface area contributed by atoms with Crippen LogP contribution >= 0.6 is 0 Å². The van der Waals surface area contributed by atoms with Crippen LogP contribution in [0.25, 0.3) is 0 Å². The minimum atomic E-state index is -0.445. The Labute approximate surface area is 128 Å². The second kappa shape index (κ2) is 6.88. The van der Waals surface area contributed by atoms with E-state index in [1.165, 1.54) is 16.7 Å². The third kappa shape index (κ3) is 4.16. The van der Waals surface area contributed by atoms with Gasteiger partial charge in [-0.05, 0) is 50.1 Å². The molecule has 0 fully saturated rings. The van der Waals surface area contributed by atoms with Crippen molar-refractivity contribution in [2.24, 2.45) is 0 Å². The molecular formula is C19H25NO. The highest BCUT2D eigenvalue weighted by Gasteiger charge is 2.13. The first-order chi connectivity index (χ1) is 9.97. The highest BCUT2D eigenvalue weighted by molar-refractivity contribution is 5.32. The van der Waals surface area contributed by atoms with Gasteiger partial charge >= 0.3 is 0 Å². The van der Waals surface area contributed by atoms with Crippen LogP contribution in [0.4, 0.5) is 0 Å². The van der Waals surface area contributed by atoms with E-state index in [4.69, 9.17) is 0 Å². The predicted molar refractivity (Wildman–Crippen MR) is 88.4 cm³/mol. The molecule has 0 aliphatic carbocycles. The van der Waals surface area contributed by atoms with Crippen LogP contribution in [-0.2, 0) is 6.54 Å².